The fourth-order valence-corrected chi connectivity index (χ4v) is 5.68. The number of carbonyl (C=O) groups excluding carboxylic acids is 1. The summed E-state index contributed by atoms with van der Waals surface area (Å²) < 4.78 is 5.82. The van der Waals surface area contributed by atoms with Gasteiger partial charge >= 0.3 is 11.9 Å². The van der Waals surface area contributed by atoms with Crippen molar-refractivity contribution in [3.05, 3.63) is 12.2 Å². The number of hydrogen-bond donors (Lipinski definition) is 1. The predicted octanol–water partition coefficient (Wildman–Crippen LogP) is 12.7. The van der Waals surface area contributed by atoms with E-state index in [2.05, 4.69) is 26.0 Å². The molecule has 4 nitrogen and oxygen atoms in total. The van der Waals surface area contributed by atoms with Crippen molar-refractivity contribution in [1.29, 1.82) is 0 Å². The van der Waals surface area contributed by atoms with Gasteiger partial charge in [0.25, 0.3) is 0 Å². The normalized spacial score (nSPS) is 12.2. The molecule has 0 aromatic rings. The maximum Gasteiger partial charge on any atom is 0.306 e. The van der Waals surface area contributed by atoms with Gasteiger partial charge in [-0.2, -0.15) is 0 Å². The van der Waals surface area contributed by atoms with Gasteiger partial charge in [-0.1, -0.05) is 168 Å². The molecule has 42 heavy (non-hydrogen) atoms. The molecule has 0 aromatic heterocycles. The molecule has 0 rings (SSSR count). The Kier molecular flexibility index (Phi) is 33.1. The van der Waals surface area contributed by atoms with Crippen molar-refractivity contribution in [2.24, 2.45) is 0 Å². The maximum atomic E-state index is 12.5. The van der Waals surface area contributed by atoms with Crippen LogP contribution in [0.5, 0.6) is 0 Å². The zero-order valence-electron chi connectivity index (χ0n) is 28.3. The van der Waals surface area contributed by atoms with Crippen molar-refractivity contribution >= 4 is 11.9 Å². The quantitative estimate of drug-likeness (QED) is 0.0458. The van der Waals surface area contributed by atoms with Crippen LogP contribution in [0.4, 0.5) is 0 Å². The van der Waals surface area contributed by atoms with Gasteiger partial charge in [0, 0.05) is 12.8 Å². The van der Waals surface area contributed by atoms with E-state index in [4.69, 9.17) is 9.84 Å². The van der Waals surface area contributed by atoms with Crippen LogP contribution in [0, 0.1) is 0 Å². The molecule has 0 fully saturated rings. The lowest BCUT2D eigenvalue weighted by atomic mass is 10.0. The van der Waals surface area contributed by atoms with E-state index in [-0.39, 0.29) is 18.5 Å². The van der Waals surface area contributed by atoms with Crippen molar-refractivity contribution in [3.8, 4) is 0 Å². The highest BCUT2D eigenvalue weighted by molar-refractivity contribution is 5.69. The second-order valence-corrected chi connectivity index (χ2v) is 12.8. The number of carboxylic acid groups (broad SMARTS) is 1. The van der Waals surface area contributed by atoms with E-state index >= 15 is 0 Å². The summed E-state index contributed by atoms with van der Waals surface area (Å²) in [4.78, 5) is 23.1. The van der Waals surface area contributed by atoms with Crippen LogP contribution in [-0.2, 0) is 14.3 Å². The van der Waals surface area contributed by atoms with Crippen LogP contribution in [0.3, 0.4) is 0 Å². The van der Waals surface area contributed by atoms with Crippen molar-refractivity contribution in [3.63, 3.8) is 0 Å². The minimum absolute atomic E-state index is 0.0634. The molecule has 1 N–H and O–H groups in total. The van der Waals surface area contributed by atoms with E-state index in [0.29, 0.717) is 6.42 Å². The number of carbonyl (C=O) groups is 2. The van der Waals surface area contributed by atoms with E-state index in [1.807, 2.05) is 0 Å². The molecule has 1 atom stereocenters. The van der Waals surface area contributed by atoms with E-state index in [9.17, 15) is 9.59 Å². The molecule has 0 amide bonds. The summed E-state index contributed by atoms with van der Waals surface area (Å²) in [6, 6.07) is 0. The first-order valence-electron chi connectivity index (χ1n) is 18.7. The van der Waals surface area contributed by atoms with Gasteiger partial charge in [0.2, 0.25) is 0 Å². The molecule has 248 valence electrons. The number of unbranched alkanes of at least 4 members (excludes halogenated alkanes) is 25. The molecule has 0 saturated heterocycles. The topological polar surface area (TPSA) is 63.6 Å². The van der Waals surface area contributed by atoms with E-state index in [1.54, 1.807) is 0 Å². The molecule has 0 bridgehead atoms. The van der Waals surface area contributed by atoms with Crippen LogP contribution < -0.4 is 0 Å². The molecule has 0 aliphatic heterocycles. The van der Waals surface area contributed by atoms with Crippen molar-refractivity contribution < 1.29 is 19.4 Å². The zero-order valence-corrected chi connectivity index (χ0v) is 28.3. The Morgan fingerprint density at radius 3 is 1.36 bits per heavy atom. The summed E-state index contributed by atoms with van der Waals surface area (Å²) in [5.41, 5.74) is 0. The van der Waals surface area contributed by atoms with Crippen LogP contribution >= 0.6 is 0 Å². The van der Waals surface area contributed by atoms with Crippen LogP contribution in [-0.4, -0.2) is 23.1 Å². The molecule has 1 unspecified atom stereocenters. The number of aliphatic carboxylic acids is 1. The fraction of sp³-hybridized carbons (Fsp3) is 0.895. The van der Waals surface area contributed by atoms with Gasteiger partial charge in [-0.25, -0.2) is 0 Å². The first kappa shape index (κ1) is 40.7. The third-order valence-electron chi connectivity index (χ3n) is 8.47. The van der Waals surface area contributed by atoms with Gasteiger partial charge in [-0.15, -0.1) is 0 Å². The van der Waals surface area contributed by atoms with Crippen LogP contribution in [0.1, 0.15) is 213 Å². The summed E-state index contributed by atoms with van der Waals surface area (Å²) in [6.45, 7) is 4.50. The minimum Gasteiger partial charge on any atom is -0.481 e. The standard InChI is InChI=1S/C38H72O4/c1-3-5-7-9-10-11-12-13-14-15-16-17-18-19-20-21-22-23-25-31-35-38(41)42-36(32-28-24-8-6-4-2)33-29-26-27-30-34-37(39)40/h28,32,36H,3-27,29-31,33-35H2,1-2H3,(H,39,40)/b32-28-. The average molecular weight is 593 g/mol. The summed E-state index contributed by atoms with van der Waals surface area (Å²) in [5.74, 6) is -0.784. The molecule has 0 aliphatic carbocycles. The van der Waals surface area contributed by atoms with Gasteiger partial charge in [0.15, 0.2) is 0 Å². The van der Waals surface area contributed by atoms with Crippen molar-refractivity contribution in [2.75, 3.05) is 0 Å². The Balaban J connectivity index is 3.69. The summed E-state index contributed by atoms with van der Waals surface area (Å²) in [7, 11) is 0. The second kappa shape index (κ2) is 34.2. The highest BCUT2D eigenvalue weighted by Crippen LogP contribution is 2.16. The largest absolute Gasteiger partial charge is 0.481 e. The third kappa shape index (κ3) is 33.2. The summed E-state index contributed by atoms with van der Waals surface area (Å²) >= 11 is 0. The number of carboxylic acids is 1. The van der Waals surface area contributed by atoms with Gasteiger partial charge in [0.05, 0.1) is 0 Å². The Hall–Kier alpha value is -1.32. The lowest BCUT2D eigenvalue weighted by Gasteiger charge is -2.15. The number of hydrogen-bond acceptors (Lipinski definition) is 3. The van der Waals surface area contributed by atoms with Crippen molar-refractivity contribution in [2.45, 2.75) is 219 Å². The second-order valence-electron chi connectivity index (χ2n) is 12.8. The Bertz CT molecular complexity index is 600. The lowest BCUT2D eigenvalue weighted by Crippen LogP contribution is -2.16. The number of ether oxygens (including phenoxy) is 1. The van der Waals surface area contributed by atoms with E-state index < -0.39 is 5.97 Å². The first-order valence-corrected chi connectivity index (χ1v) is 18.7. The van der Waals surface area contributed by atoms with Gasteiger partial charge in [0.1, 0.15) is 6.10 Å². The summed E-state index contributed by atoms with van der Waals surface area (Å²) in [5, 5.41) is 8.78. The monoisotopic (exact) mass is 593 g/mol. The first-order chi connectivity index (χ1) is 20.6. The Labute approximate surface area is 262 Å². The highest BCUT2D eigenvalue weighted by atomic mass is 16.5. The molecular formula is C38H72O4. The smallest absolute Gasteiger partial charge is 0.306 e. The van der Waals surface area contributed by atoms with Gasteiger partial charge in [-0.05, 0) is 44.6 Å². The average Bonchev–Trinajstić information content (AvgIpc) is 2.97. The Morgan fingerprint density at radius 1 is 0.524 bits per heavy atom. The number of rotatable bonds is 34. The van der Waals surface area contributed by atoms with Crippen LogP contribution in [0.25, 0.3) is 0 Å². The Morgan fingerprint density at radius 2 is 0.905 bits per heavy atom. The van der Waals surface area contributed by atoms with Crippen LogP contribution in [0.15, 0.2) is 12.2 Å². The molecular weight excluding hydrogens is 520 g/mol. The number of esters is 1. The predicted molar refractivity (Wildman–Crippen MR) is 181 cm³/mol. The van der Waals surface area contributed by atoms with E-state index in [1.165, 1.54) is 135 Å². The van der Waals surface area contributed by atoms with E-state index in [0.717, 1.165) is 51.4 Å². The third-order valence-corrected chi connectivity index (χ3v) is 8.47. The van der Waals surface area contributed by atoms with Gasteiger partial charge < -0.3 is 9.84 Å². The van der Waals surface area contributed by atoms with Crippen molar-refractivity contribution in [1.82, 2.24) is 0 Å². The fourth-order valence-electron chi connectivity index (χ4n) is 5.68. The summed E-state index contributed by atoms with van der Waals surface area (Å²) in [6.07, 6.45) is 41.2. The van der Waals surface area contributed by atoms with Gasteiger partial charge in [-0.3, -0.25) is 9.59 Å². The molecule has 0 spiro atoms. The molecule has 0 radical (unpaired) electrons. The molecule has 0 aliphatic rings. The minimum atomic E-state index is -0.721. The maximum absolute atomic E-state index is 12.5. The highest BCUT2D eigenvalue weighted by Gasteiger charge is 2.11. The van der Waals surface area contributed by atoms with Crippen LogP contribution in [0.2, 0.25) is 0 Å². The zero-order chi connectivity index (χ0) is 30.8. The SMILES string of the molecule is CCCCC/C=C\C(CCCCCCC(=O)O)OC(=O)CCCCCCCCCCCCCCCCCCCCCC. The number of allylic oxidation sites excluding steroid dienone is 1. The molecule has 0 heterocycles. The molecule has 0 saturated carbocycles. The molecule has 0 aromatic carbocycles. The molecule has 4 heteroatoms. The lowest BCUT2D eigenvalue weighted by molar-refractivity contribution is -0.147.